The number of aliphatic imine (C=N–C) groups is 1. The second-order valence-electron chi connectivity index (χ2n) is 4.50. The van der Waals surface area contributed by atoms with Gasteiger partial charge in [-0.1, -0.05) is 25.5 Å². The summed E-state index contributed by atoms with van der Waals surface area (Å²) in [6.45, 7) is 3.34. The van der Waals surface area contributed by atoms with E-state index < -0.39 is 6.61 Å². The normalized spacial score (nSPS) is 11.6. The van der Waals surface area contributed by atoms with Gasteiger partial charge in [0.05, 0.1) is 6.54 Å². The van der Waals surface area contributed by atoms with Gasteiger partial charge in [0.25, 0.3) is 0 Å². The molecule has 1 aromatic rings. The monoisotopic (exact) mass is 299 g/mol. The summed E-state index contributed by atoms with van der Waals surface area (Å²) in [5.74, 6) is 0.882. The predicted octanol–water partition coefficient (Wildman–Crippen LogP) is 3.14. The SMILES string of the molecule is CCCCNC(=NCc1cccc(OC(F)F)c1)NCC. The third-order valence-corrected chi connectivity index (χ3v) is 2.71. The molecule has 0 amide bonds. The van der Waals surface area contributed by atoms with Gasteiger partial charge in [0.15, 0.2) is 5.96 Å². The first kappa shape index (κ1) is 17.2. The molecule has 0 saturated carbocycles. The molecule has 1 aromatic carbocycles. The zero-order valence-corrected chi connectivity index (χ0v) is 12.5. The van der Waals surface area contributed by atoms with Crippen molar-refractivity contribution in [1.82, 2.24) is 10.6 Å². The quantitative estimate of drug-likeness (QED) is 0.440. The molecule has 1 rings (SSSR count). The van der Waals surface area contributed by atoms with Gasteiger partial charge in [0.2, 0.25) is 0 Å². The Morgan fingerprint density at radius 3 is 2.76 bits per heavy atom. The van der Waals surface area contributed by atoms with Crippen molar-refractivity contribution >= 4 is 5.96 Å². The number of nitrogens with zero attached hydrogens (tertiary/aromatic N) is 1. The van der Waals surface area contributed by atoms with Gasteiger partial charge in [-0.25, -0.2) is 4.99 Å². The van der Waals surface area contributed by atoms with Crippen LogP contribution in [0.5, 0.6) is 5.75 Å². The second kappa shape index (κ2) is 9.96. The summed E-state index contributed by atoms with van der Waals surface area (Å²) in [6, 6.07) is 6.59. The Bertz CT molecular complexity index is 439. The average Bonchev–Trinajstić information content (AvgIpc) is 2.44. The Morgan fingerprint density at radius 2 is 2.10 bits per heavy atom. The third kappa shape index (κ3) is 7.48. The zero-order valence-electron chi connectivity index (χ0n) is 12.5. The van der Waals surface area contributed by atoms with E-state index in [9.17, 15) is 8.78 Å². The summed E-state index contributed by atoms with van der Waals surface area (Å²) in [4.78, 5) is 4.43. The van der Waals surface area contributed by atoms with E-state index in [0.29, 0.717) is 6.54 Å². The van der Waals surface area contributed by atoms with E-state index in [1.165, 1.54) is 6.07 Å². The molecular weight excluding hydrogens is 276 g/mol. The van der Waals surface area contributed by atoms with Gasteiger partial charge in [-0.05, 0) is 31.0 Å². The molecule has 0 heterocycles. The number of benzene rings is 1. The van der Waals surface area contributed by atoms with Crippen LogP contribution in [0.1, 0.15) is 32.3 Å². The molecule has 6 heteroatoms. The van der Waals surface area contributed by atoms with Crippen molar-refractivity contribution in [3.05, 3.63) is 29.8 Å². The third-order valence-electron chi connectivity index (χ3n) is 2.71. The van der Waals surface area contributed by atoms with E-state index in [-0.39, 0.29) is 5.75 Å². The van der Waals surface area contributed by atoms with E-state index in [1.807, 2.05) is 13.0 Å². The maximum absolute atomic E-state index is 12.2. The van der Waals surface area contributed by atoms with Crippen molar-refractivity contribution < 1.29 is 13.5 Å². The molecule has 0 aromatic heterocycles. The van der Waals surface area contributed by atoms with E-state index in [4.69, 9.17) is 0 Å². The van der Waals surface area contributed by atoms with Gasteiger partial charge in [0, 0.05) is 13.1 Å². The molecule has 0 spiro atoms. The Labute approximate surface area is 124 Å². The zero-order chi connectivity index (χ0) is 15.5. The van der Waals surface area contributed by atoms with Gasteiger partial charge < -0.3 is 15.4 Å². The number of rotatable bonds is 8. The Balaban J connectivity index is 2.61. The van der Waals surface area contributed by atoms with Crippen molar-refractivity contribution in [2.24, 2.45) is 4.99 Å². The minimum atomic E-state index is -2.81. The summed E-state index contributed by atoms with van der Waals surface area (Å²) in [6.07, 6.45) is 2.18. The lowest BCUT2D eigenvalue weighted by atomic mass is 10.2. The van der Waals surface area contributed by atoms with Crippen molar-refractivity contribution in [2.45, 2.75) is 39.8 Å². The summed E-state index contributed by atoms with van der Waals surface area (Å²) in [7, 11) is 0. The highest BCUT2D eigenvalue weighted by molar-refractivity contribution is 5.79. The molecular formula is C15H23F2N3O. The van der Waals surface area contributed by atoms with Gasteiger partial charge in [0.1, 0.15) is 5.75 Å². The first-order valence-electron chi connectivity index (χ1n) is 7.21. The summed E-state index contributed by atoms with van der Waals surface area (Å²) in [5.41, 5.74) is 0.820. The molecule has 4 nitrogen and oxygen atoms in total. The van der Waals surface area contributed by atoms with Crippen LogP contribution in [-0.4, -0.2) is 25.7 Å². The number of halogens is 2. The average molecular weight is 299 g/mol. The fourth-order valence-electron chi connectivity index (χ4n) is 1.72. The largest absolute Gasteiger partial charge is 0.435 e. The highest BCUT2D eigenvalue weighted by Gasteiger charge is 2.04. The standard InChI is InChI=1S/C15H23F2N3O/c1-3-5-9-19-15(18-4-2)20-11-12-7-6-8-13(10-12)21-14(16)17/h6-8,10,14H,3-5,9,11H2,1-2H3,(H2,18,19,20). The van der Waals surface area contributed by atoms with Gasteiger partial charge >= 0.3 is 6.61 Å². The lowest BCUT2D eigenvalue weighted by Gasteiger charge is -2.11. The van der Waals surface area contributed by atoms with Crippen LogP contribution in [0.4, 0.5) is 8.78 Å². The van der Waals surface area contributed by atoms with E-state index in [0.717, 1.165) is 37.5 Å². The molecule has 0 atom stereocenters. The predicted molar refractivity (Wildman–Crippen MR) is 80.8 cm³/mol. The number of nitrogens with one attached hydrogen (secondary N) is 2. The molecule has 2 N–H and O–H groups in total. The highest BCUT2D eigenvalue weighted by Crippen LogP contribution is 2.16. The van der Waals surface area contributed by atoms with Crippen molar-refractivity contribution in [3.8, 4) is 5.75 Å². The molecule has 0 saturated heterocycles. The lowest BCUT2D eigenvalue weighted by Crippen LogP contribution is -2.37. The van der Waals surface area contributed by atoms with Gasteiger partial charge in [-0.15, -0.1) is 0 Å². The fourth-order valence-corrected chi connectivity index (χ4v) is 1.72. The molecule has 0 aliphatic heterocycles. The summed E-state index contributed by atoms with van der Waals surface area (Å²) >= 11 is 0. The number of hydrogen-bond acceptors (Lipinski definition) is 2. The number of ether oxygens (including phenoxy) is 1. The second-order valence-corrected chi connectivity index (χ2v) is 4.50. The molecule has 0 radical (unpaired) electrons. The molecule has 0 aliphatic rings. The van der Waals surface area contributed by atoms with E-state index in [1.54, 1.807) is 12.1 Å². The van der Waals surface area contributed by atoms with Crippen molar-refractivity contribution in [3.63, 3.8) is 0 Å². The van der Waals surface area contributed by atoms with Crippen LogP contribution in [0.15, 0.2) is 29.3 Å². The Hall–Kier alpha value is -1.85. The number of hydrogen-bond donors (Lipinski definition) is 2. The van der Waals surface area contributed by atoms with Crippen LogP contribution in [0, 0.1) is 0 Å². The van der Waals surface area contributed by atoms with Crippen LogP contribution in [0.2, 0.25) is 0 Å². The van der Waals surface area contributed by atoms with Crippen molar-refractivity contribution in [1.29, 1.82) is 0 Å². The van der Waals surface area contributed by atoms with E-state index in [2.05, 4.69) is 27.3 Å². The number of guanidine groups is 1. The van der Waals surface area contributed by atoms with Crippen LogP contribution in [0.25, 0.3) is 0 Å². The first-order valence-corrected chi connectivity index (χ1v) is 7.21. The fraction of sp³-hybridized carbons (Fsp3) is 0.533. The molecule has 0 unspecified atom stereocenters. The van der Waals surface area contributed by atoms with Gasteiger partial charge in [-0.3, -0.25) is 0 Å². The molecule has 0 bridgehead atoms. The topological polar surface area (TPSA) is 45.7 Å². The molecule has 0 aliphatic carbocycles. The molecule has 21 heavy (non-hydrogen) atoms. The van der Waals surface area contributed by atoms with Crippen LogP contribution in [0.3, 0.4) is 0 Å². The van der Waals surface area contributed by atoms with Crippen LogP contribution >= 0.6 is 0 Å². The van der Waals surface area contributed by atoms with E-state index >= 15 is 0 Å². The number of alkyl halides is 2. The maximum Gasteiger partial charge on any atom is 0.387 e. The minimum absolute atomic E-state index is 0.154. The highest BCUT2D eigenvalue weighted by atomic mass is 19.3. The molecule has 0 fully saturated rings. The van der Waals surface area contributed by atoms with Crippen LogP contribution in [-0.2, 0) is 6.54 Å². The summed E-state index contributed by atoms with van der Waals surface area (Å²) in [5, 5.41) is 6.37. The summed E-state index contributed by atoms with van der Waals surface area (Å²) < 4.78 is 28.7. The van der Waals surface area contributed by atoms with Gasteiger partial charge in [-0.2, -0.15) is 8.78 Å². The Kier molecular flexibility index (Phi) is 8.16. The maximum atomic E-state index is 12.2. The van der Waals surface area contributed by atoms with Crippen molar-refractivity contribution in [2.75, 3.05) is 13.1 Å². The number of unbranched alkanes of at least 4 members (excludes halogenated alkanes) is 1. The first-order chi connectivity index (χ1) is 10.2. The smallest absolute Gasteiger partial charge is 0.387 e. The van der Waals surface area contributed by atoms with Crippen LogP contribution < -0.4 is 15.4 Å². The molecule has 118 valence electrons. The minimum Gasteiger partial charge on any atom is -0.435 e. The lowest BCUT2D eigenvalue weighted by molar-refractivity contribution is -0.0498. The Morgan fingerprint density at radius 1 is 1.29 bits per heavy atom.